The first-order valence-corrected chi connectivity index (χ1v) is 6.92. The Morgan fingerprint density at radius 2 is 2.33 bits per heavy atom. The molecule has 0 aromatic heterocycles. The zero-order valence-corrected chi connectivity index (χ0v) is 11.6. The summed E-state index contributed by atoms with van der Waals surface area (Å²) in [5, 5.41) is 7.11. The first-order chi connectivity index (χ1) is 8.74. The highest BCUT2D eigenvalue weighted by molar-refractivity contribution is 5.21. The van der Waals surface area contributed by atoms with Gasteiger partial charge in [0.1, 0.15) is 0 Å². The molecule has 1 aromatic carbocycles. The summed E-state index contributed by atoms with van der Waals surface area (Å²) in [5.41, 5.74) is 2.72. The largest absolute Gasteiger partial charge is 0.313 e. The van der Waals surface area contributed by atoms with E-state index in [0.29, 0.717) is 6.04 Å². The van der Waals surface area contributed by atoms with Gasteiger partial charge in [0.05, 0.1) is 0 Å². The minimum atomic E-state index is 0.647. The summed E-state index contributed by atoms with van der Waals surface area (Å²) in [6.45, 7) is 7.67. The molecule has 0 aliphatic carbocycles. The molecule has 2 N–H and O–H groups in total. The van der Waals surface area contributed by atoms with E-state index in [1.165, 1.54) is 30.6 Å². The molecule has 1 atom stereocenters. The average molecular weight is 247 g/mol. The monoisotopic (exact) mass is 247 g/mol. The van der Waals surface area contributed by atoms with Crippen molar-refractivity contribution in [2.45, 2.75) is 25.9 Å². The van der Waals surface area contributed by atoms with Gasteiger partial charge >= 0.3 is 0 Å². The molecule has 1 aliphatic rings. The van der Waals surface area contributed by atoms with Crippen LogP contribution in [0.2, 0.25) is 0 Å². The van der Waals surface area contributed by atoms with Crippen LogP contribution >= 0.6 is 0 Å². The Kier molecular flexibility index (Phi) is 5.17. The maximum absolute atomic E-state index is 3.58. The van der Waals surface area contributed by atoms with E-state index < -0.39 is 0 Å². The fourth-order valence-electron chi connectivity index (χ4n) is 2.52. The zero-order valence-electron chi connectivity index (χ0n) is 11.6. The summed E-state index contributed by atoms with van der Waals surface area (Å²) < 4.78 is 0. The first-order valence-electron chi connectivity index (χ1n) is 6.92. The number of nitrogens with zero attached hydrogens (tertiary/aromatic N) is 1. The van der Waals surface area contributed by atoms with Gasteiger partial charge < -0.3 is 15.5 Å². The molecule has 1 fully saturated rings. The van der Waals surface area contributed by atoms with Crippen LogP contribution < -0.4 is 10.6 Å². The Labute approximate surface area is 111 Å². The Bertz CT molecular complexity index is 365. The molecule has 3 heteroatoms. The summed E-state index contributed by atoms with van der Waals surface area (Å²) in [7, 11) is 2.20. The Morgan fingerprint density at radius 3 is 3.11 bits per heavy atom. The Balaban J connectivity index is 1.64. The molecule has 1 unspecified atom stereocenters. The quantitative estimate of drug-likeness (QED) is 0.770. The van der Waals surface area contributed by atoms with Crippen LogP contribution in [0.15, 0.2) is 24.3 Å². The molecule has 0 spiro atoms. The van der Waals surface area contributed by atoms with Gasteiger partial charge in [-0.25, -0.2) is 0 Å². The van der Waals surface area contributed by atoms with E-state index >= 15 is 0 Å². The molecule has 0 radical (unpaired) electrons. The van der Waals surface area contributed by atoms with Gasteiger partial charge in [0.15, 0.2) is 0 Å². The van der Waals surface area contributed by atoms with E-state index in [1.807, 2.05) is 0 Å². The van der Waals surface area contributed by atoms with E-state index in [0.717, 1.165) is 19.6 Å². The second-order valence-corrected chi connectivity index (χ2v) is 5.37. The van der Waals surface area contributed by atoms with Gasteiger partial charge in [-0.3, -0.25) is 0 Å². The maximum atomic E-state index is 3.58. The van der Waals surface area contributed by atoms with Crippen LogP contribution in [0.4, 0.5) is 0 Å². The molecule has 1 heterocycles. The van der Waals surface area contributed by atoms with Crippen molar-refractivity contribution in [2.75, 3.05) is 33.2 Å². The average Bonchev–Trinajstić information content (AvgIpc) is 2.35. The number of benzene rings is 1. The molecule has 0 amide bonds. The predicted molar refractivity (Wildman–Crippen MR) is 76.8 cm³/mol. The minimum absolute atomic E-state index is 0.647. The summed E-state index contributed by atoms with van der Waals surface area (Å²) >= 11 is 0. The highest BCUT2D eigenvalue weighted by atomic mass is 15.2. The lowest BCUT2D eigenvalue weighted by molar-refractivity contribution is 0.231. The lowest BCUT2D eigenvalue weighted by atomic mass is 10.1. The topological polar surface area (TPSA) is 27.3 Å². The van der Waals surface area contributed by atoms with Crippen molar-refractivity contribution in [3.05, 3.63) is 35.4 Å². The fourth-order valence-corrected chi connectivity index (χ4v) is 2.52. The van der Waals surface area contributed by atoms with Gasteiger partial charge in [0.2, 0.25) is 0 Å². The van der Waals surface area contributed by atoms with Crippen molar-refractivity contribution in [3.8, 4) is 0 Å². The molecule has 0 saturated carbocycles. The number of piperazine rings is 1. The van der Waals surface area contributed by atoms with E-state index in [-0.39, 0.29) is 0 Å². The van der Waals surface area contributed by atoms with Gasteiger partial charge in [0.25, 0.3) is 0 Å². The van der Waals surface area contributed by atoms with Crippen molar-refractivity contribution in [1.29, 1.82) is 0 Å². The number of hydrogen-bond acceptors (Lipinski definition) is 3. The molecule has 1 saturated heterocycles. The van der Waals surface area contributed by atoms with E-state index in [1.54, 1.807) is 0 Å². The predicted octanol–water partition coefficient (Wildman–Crippen LogP) is 1.38. The first kappa shape index (κ1) is 13.5. The van der Waals surface area contributed by atoms with Crippen LogP contribution in [0.1, 0.15) is 17.5 Å². The van der Waals surface area contributed by atoms with Crippen LogP contribution in [0, 0.1) is 6.92 Å². The molecule has 3 nitrogen and oxygen atoms in total. The van der Waals surface area contributed by atoms with Gasteiger partial charge in [-0.05, 0) is 32.5 Å². The molecular formula is C15H25N3. The van der Waals surface area contributed by atoms with Crippen molar-refractivity contribution >= 4 is 0 Å². The van der Waals surface area contributed by atoms with Gasteiger partial charge in [-0.1, -0.05) is 29.8 Å². The number of aryl methyl sites for hydroxylation is 1. The Morgan fingerprint density at radius 1 is 1.44 bits per heavy atom. The Hall–Kier alpha value is -0.900. The number of rotatable bonds is 5. The second-order valence-electron chi connectivity index (χ2n) is 5.37. The summed E-state index contributed by atoms with van der Waals surface area (Å²) in [6.07, 6.45) is 1.20. The maximum Gasteiger partial charge on any atom is 0.0207 e. The number of likely N-dealkylation sites (N-methyl/N-ethyl adjacent to an activating group) is 1. The van der Waals surface area contributed by atoms with Gasteiger partial charge in [-0.2, -0.15) is 0 Å². The third kappa shape index (κ3) is 4.41. The third-order valence-electron chi connectivity index (χ3n) is 3.54. The van der Waals surface area contributed by atoms with Crippen LogP contribution in [-0.2, 0) is 6.54 Å². The van der Waals surface area contributed by atoms with E-state index in [4.69, 9.17) is 0 Å². The van der Waals surface area contributed by atoms with Gasteiger partial charge in [-0.15, -0.1) is 0 Å². The smallest absolute Gasteiger partial charge is 0.0207 e. The molecule has 100 valence electrons. The summed E-state index contributed by atoms with van der Waals surface area (Å²) in [6, 6.07) is 9.36. The molecular weight excluding hydrogens is 222 g/mol. The van der Waals surface area contributed by atoms with Crippen molar-refractivity contribution < 1.29 is 0 Å². The van der Waals surface area contributed by atoms with Crippen LogP contribution in [0.3, 0.4) is 0 Å². The van der Waals surface area contributed by atoms with Crippen LogP contribution in [-0.4, -0.2) is 44.2 Å². The second kappa shape index (κ2) is 6.88. The van der Waals surface area contributed by atoms with Crippen molar-refractivity contribution in [2.24, 2.45) is 0 Å². The number of nitrogens with one attached hydrogen (secondary N) is 2. The number of hydrogen-bond donors (Lipinski definition) is 2. The summed E-state index contributed by atoms with van der Waals surface area (Å²) in [5.74, 6) is 0. The van der Waals surface area contributed by atoms with E-state index in [2.05, 4.69) is 53.8 Å². The van der Waals surface area contributed by atoms with Crippen LogP contribution in [0.5, 0.6) is 0 Å². The van der Waals surface area contributed by atoms with Crippen molar-refractivity contribution in [3.63, 3.8) is 0 Å². The zero-order chi connectivity index (χ0) is 12.8. The molecule has 18 heavy (non-hydrogen) atoms. The minimum Gasteiger partial charge on any atom is -0.313 e. The lowest BCUT2D eigenvalue weighted by Gasteiger charge is -2.30. The summed E-state index contributed by atoms with van der Waals surface area (Å²) in [4.78, 5) is 2.40. The molecule has 1 aromatic rings. The fraction of sp³-hybridized carbons (Fsp3) is 0.600. The highest BCUT2D eigenvalue weighted by Crippen LogP contribution is 2.04. The van der Waals surface area contributed by atoms with Crippen LogP contribution in [0.25, 0.3) is 0 Å². The molecule has 0 bridgehead atoms. The third-order valence-corrected chi connectivity index (χ3v) is 3.54. The molecule has 2 rings (SSSR count). The molecule has 1 aliphatic heterocycles. The highest BCUT2D eigenvalue weighted by Gasteiger charge is 2.15. The SMILES string of the molecule is Cc1cccc(CNCCC2CN(C)CCN2)c1. The van der Waals surface area contributed by atoms with E-state index in [9.17, 15) is 0 Å². The standard InChI is InChI=1S/C15H25N3/c1-13-4-3-5-14(10-13)11-16-7-6-15-12-18(2)9-8-17-15/h3-5,10,15-17H,6-9,11-12H2,1-2H3. The van der Waals surface area contributed by atoms with Crippen molar-refractivity contribution in [1.82, 2.24) is 15.5 Å². The van der Waals surface area contributed by atoms with Gasteiger partial charge in [0, 0.05) is 32.2 Å². The lowest BCUT2D eigenvalue weighted by Crippen LogP contribution is -2.49. The normalized spacial score (nSPS) is 21.1.